The fourth-order valence-corrected chi connectivity index (χ4v) is 5.44. The third kappa shape index (κ3) is 4.81. The van der Waals surface area contributed by atoms with Gasteiger partial charge in [-0.15, -0.1) is 0 Å². The minimum atomic E-state index is -0.251. The molecule has 1 amide bonds. The first-order valence-corrected chi connectivity index (χ1v) is 11.7. The Bertz CT molecular complexity index is 940. The number of carbonyl (C=O) groups is 1. The Morgan fingerprint density at radius 2 is 2.07 bits per heavy atom. The lowest BCUT2D eigenvalue weighted by Gasteiger charge is -2.28. The molecule has 7 nitrogen and oxygen atoms in total. The number of nitrogens with zero attached hydrogens (tertiary/aromatic N) is 3. The number of aromatic nitrogens is 3. The lowest BCUT2D eigenvalue weighted by Crippen LogP contribution is -2.42. The zero-order valence-electron chi connectivity index (χ0n) is 17.7. The van der Waals surface area contributed by atoms with Gasteiger partial charge in [-0.1, -0.05) is 11.8 Å². The second kappa shape index (κ2) is 9.39. The number of imidazole rings is 1. The van der Waals surface area contributed by atoms with Crippen molar-refractivity contribution in [2.24, 2.45) is 7.05 Å². The standard InChI is InChI=1S/C22H30N4O3S/c1-15-9-11-26(14-17-4-3-13-29-17)21(28)19(15)20(27)24-16-5-7-18(8-6-16)30-22-23-10-12-25(22)2/h9-12,16-18H,3-8,13-14H2,1-2H3,(H,24,27). The van der Waals surface area contributed by atoms with Gasteiger partial charge >= 0.3 is 0 Å². The minimum Gasteiger partial charge on any atom is -0.376 e. The molecule has 0 aromatic carbocycles. The number of thioether (sulfide) groups is 1. The Morgan fingerprint density at radius 3 is 2.73 bits per heavy atom. The van der Waals surface area contributed by atoms with E-state index in [1.807, 2.05) is 48.8 Å². The molecule has 1 N–H and O–H groups in total. The summed E-state index contributed by atoms with van der Waals surface area (Å²) in [5.41, 5.74) is 0.766. The van der Waals surface area contributed by atoms with Crippen molar-refractivity contribution in [3.8, 4) is 0 Å². The van der Waals surface area contributed by atoms with Gasteiger partial charge in [-0.2, -0.15) is 0 Å². The predicted molar refractivity (Wildman–Crippen MR) is 117 cm³/mol. The minimum absolute atomic E-state index is 0.0628. The molecule has 1 saturated heterocycles. The first-order valence-electron chi connectivity index (χ1n) is 10.8. The van der Waals surface area contributed by atoms with Crippen LogP contribution in [-0.2, 0) is 18.3 Å². The maximum Gasteiger partial charge on any atom is 0.263 e. The van der Waals surface area contributed by atoms with E-state index in [0.717, 1.165) is 55.9 Å². The molecule has 30 heavy (non-hydrogen) atoms. The Kier molecular flexibility index (Phi) is 6.63. The molecule has 3 heterocycles. The summed E-state index contributed by atoms with van der Waals surface area (Å²) in [5.74, 6) is -0.251. The number of rotatable bonds is 6. The van der Waals surface area contributed by atoms with Crippen molar-refractivity contribution in [2.75, 3.05) is 6.61 Å². The molecule has 0 spiro atoms. The molecule has 2 aromatic heterocycles. The van der Waals surface area contributed by atoms with Crippen LogP contribution in [0.4, 0.5) is 0 Å². The van der Waals surface area contributed by atoms with E-state index in [9.17, 15) is 9.59 Å². The van der Waals surface area contributed by atoms with Gasteiger partial charge in [-0.3, -0.25) is 9.59 Å². The largest absolute Gasteiger partial charge is 0.376 e. The van der Waals surface area contributed by atoms with Crippen LogP contribution < -0.4 is 10.9 Å². The van der Waals surface area contributed by atoms with Gasteiger partial charge < -0.3 is 19.2 Å². The van der Waals surface area contributed by atoms with Crippen molar-refractivity contribution in [1.82, 2.24) is 19.4 Å². The molecule has 1 saturated carbocycles. The summed E-state index contributed by atoms with van der Waals surface area (Å²) >= 11 is 1.81. The van der Waals surface area contributed by atoms with E-state index >= 15 is 0 Å². The first-order chi connectivity index (χ1) is 14.5. The van der Waals surface area contributed by atoms with Crippen molar-refractivity contribution in [3.63, 3.8) is 0 Å². The Morgan fingerprint density at radius 1 is 1.27 bits per heavy atom. The highest BCUT2D eigenvalue weighted by molar-refractivity contribution is 7.99. The van der Waals surface area contributed by atoms with E-state index in [1.54, 1.807) is 10.8 Å². The molecular formula is C22H30N4O3S. The van der Waals surface area contributed by atoms with Gasteiger partial charge in [-0.25, -0.2) is 4.98 Å². The molecule has 0 radical (unpaired) electrons. The summed E-state index contributed by atoms with van der Waals surface area (Å²) in [5, 5.41) is 4.67. The molecule has 1 atom stereocenters. The zero-order chi connectivity index (χ0) is 21.1. The van der Waals surface area contributed by atoms with Crippen LogP contribution >= 0.6 is 11.8 Å². The van der Waals surface area contributed by atoms with E-state index < -0.39 is 0 Å². The van der Waals surface area contributed by atoms with Crippen LogP contribution in [0.2, 0.25) is 0 Å². The Balaban J connectivity index is 1.36. The number of amides is 1. The molecule has 162 valence electrons. The molecule has 2 aliphatic rings. The molecule has 1 aliphatic carbocycles. The maximum atomic E-state index is 13.0. The van der Waals surface area contributed by atoms with Crippen LogP contribution in [0.5, 0.6) is 0 Å². The summed E-state index contributed by atoms with van der Waals surface area (Å²) < 4.78 is 9.31. The summed E-state index contributed by atoms with van der Waals surface area (Å²) in [7, 11) is 2.01. The van der Waals surface area contributed by atoms with E-state index in [-0.39, 0.29) is 29.2 Å². The monoisotopic (exact) mass is 430 g/mol. The van der Waals surface area contributed by atoms with Gasteiger partial charge in [0.15, 0.2) is 5.16 Å². The number of ether oxygens (including phenoxy) is 1. The van der Waals surface area contributed by atoms with Gasteiger partial charge in [-0.05, 0) is 57.1 Å². The zero-order valence-corrected chi connectivity index (χ0v) is 18.5. The average molecular weight is 431 g/mol. The summed E-state index contributed by atoms with van der Waals surface area (Å²) in [6.07, 6.45) is 11.5. The van der Waals surface area contributed by atoms with Crippen molar-refractivity contribution in [2.45, 2.75) is 74.5 Å². The highest BCUT2D eigenvalue weighted by atomic mass is 32.2. The number of nitrogens with one attached hydrogen (secondary N) is 1. The van der Waals surface area contributed by atoms with Crippen LogP contribution in [0.25, 0.3) is 0 Å². The fraction of sp³-hybridized carbons (Fsp3) is 0.591. The Hall–Kier alpha value is -2.06. The van der Waals surface area contributed by atoms with E-state index in [4.69, 9.17) is 4.74 Å². The average Bonchev–Trinajstić information content (AvgIpc) is 3.38. The molecular weight excluding hydrogens is 400 g/mol. The van der Waals surface area contributed by atoms with Crippen molar-refractivity contribution < 1.29 is 9.53 Å². The van der Waals surface area contributed by atoms with Gasteiger partial charge in [0, 0.05) is 43.5 Å². The van der Waals surface area contributed by atoms with Gasteiger partial charge in [0.2, 0.25) is 0 Å². The van der Waals surface area contributed by atoms with Crippen LogP contribution in [0.3, 0.4) is 0 Å². The van der Waals surface area contributed by atoms with E-state index in [1.165, 1.54) is 0 Å². The third-order valence-electron chi connectivity index (χ3n) is 6.08. The van der Waals surface area contributed by atoms with Crippen LogP contribution in [0, 0.1) is 6.92 Å². The Labute approximate surface area is 181 Å². The van der Waals surface area contributed by atoms with E-state index in [0.29, 0.717) is 11.8 Å². The number of aryl methyl sites for hydroxylation is 2. The van der Waals surface area contributed by atoms with Crippen molar-refractivity contribution in [3.05, 3.63) is 46.1 Å². The molecule has 2 fully saturated rings. The van der Waals surface area contributed by atoms with E-state index in [2.05, 4.69) is 10.3 Å². The van der Waals surface area contributed by atoms with Gasteiger partial charge in [0.05, 0.1) is 12.6 Å². The smallest absolute Gasteiger partial charge is 0.263 e. The summed E-state index contributed by atoms with van der Waals surface area (Å²) in [6.45, 7) is 3.09. The van der Waals surface area contributed by atoms with Crippen LogP contribution in [-0.4, -0.2) is 44.0 Å². The maximum absolute atomic E-state index is 13.0. The number of hydrogen-bond donors (Lipinski definition) is 1. The van der Waals surface area contributed by atoms with Crippen LogP contribution in [0.1, 0.15) is 54.4 Å². The molecule has 4 rings (SSSR count). The quantitative estimate of drug-likeness (QED) is 0.762. The van der Waals surface area contributed by atoms with Gasteiger partial charge in [0.25, 0.3) is 11.5 Å². The molecule has 1 aliphatic heterocycles. The molecule has 2 aromatic rings. The normalized spacial score (nSPS) is 24.1. The number of pyridine rings is 1. The fourth-order valence-electron chi connectivity index (χ4n) is 4.29. The predicted octanol–water partition coefficient (Wildman–Crippen LogP) is 2.90. The van der Waals surface area contributed by atoms with Crippen LogP contribution in [0.15, 0.2) is 34.6 Å². The molecule has 1 unspecified atom stereocenters. The molecule has 0 bridgehead atoms. The highest BCUT2D eigenvalue weighted by Crippen LogP contribution is 2.32. The molecule has 8 heteroatoms. The first kappa shape index (κ1) is 21.2. The third-order valence-corrected chi connectivity index (χ3v) is 7.49. The summed E-state index contributed by atoms with van der Waals surface area (Å²) in [4.78, 5) is 30.3. The number of carbonyl (C=O) groups excluding carboxylic acids is 1. The lowest BCUT2D eigenvalue weighted by molar-refractivity contribution is 0.0912. The van der Waals surface area contributed by atoms with Gasteiger partial charge in [0.1, 0.15) is 5.56 Å². The lowest BCUT2D eigenvalue weighted by atomic mass is 9.94. The highest BCUT2D eigenvalue weighted by Gasteiger charge is 2.26. The second-order valence-corrected chi connectivity index (χ2v) is 9.62. The van der Waals surface area contributed by atoms with Crippen molar-refractivity contribution in [1.29, 1.82) is 0 Å². The SMILES string of the molecule is Cc1ccn(CC2CCCO2)c(=O)c1C(=O)NC1CCC(Sc2nccn2C)CC1. The second-order valence-electron chi connectivity index (χ2n) is 8.35. The number of hydrogen-bond acceptors (Lipinski definition) is 5. The van der Waals surface area contributed by atoms with Crippen molar-refractivity contribution >= 4 is 17.7 Å². The topological polar surface area (TPSA) is 78.2 Å². The summed E-state index contributed by atoms with van der Waals surface area (Å²) in [6, 6.07) is 1.97.